The fourth-order valence-electron chi connectivity index (χ4n) is 2.06. The van der Waals surface area contributed by atoms with Crippen LogP contribution < -0.4 is 11.1 Å². The van der Waals surface area contributed by atoms with Gasteiger partial charge in [-0.25, -0.2) is 13.6 Å². The van der Waals surface area contributed by atoms with E-state index < -0.39 is 23.3 Å². The second kappa shape index (κ2) is 5.10. The molecule has 2 aromatic carbocycles. The summed E-state index contributed by atoms with van der Waals surface area (Å²) in [5, 5.41) is 2.33. The molecule has 0 unspecified atom stereocenters. The molecule has 0 radical (unpaired) electrons. The summed E-state index contributed by atoms with van der Waals surface area (Å²) >= 11 is 0. The summed E-state index contributed by atoms with van der Waals surface area (Å²) < 4.78 is 32.6. The molecule has 0 fully saturated rings. The third-order valence-electron chi connectivity index (χ3n) is 3.23. The molecule has 0 spiro atoms. The second-order valence-electron chi connectivity index (χ2n) is 4.69. The van der Waals surface area contributed by atoms with Gasteiger partial charge in [-0.3, -0.25) is 9.36 Å². The molecule has 22 heavy (non-hydrogen) atoms. The van der Waals surface area contributed by atoms with Crippen molar-refractivity contribution in [1.82, 2.24) is 4.57 Å². The summed E-state index contributed by atoms with van der Waals surface area (Å²) in [5.74, 6) is -2.75. The molecule has 0 aliphatic heterocycles. The van der Waals surface area contributed by atoms with Crippen molar-refractivity contribution in [2.45, 2.75) is 0 Å². The van der Waals surface area contributed by atoms with Crippen LogP contribution in [0.2, 0.25) is 0 Å². The number of nitrogens with one attached hydrogen (secondary N) is 1. The molecule has 5 nitrogen and oxygen atoms in total. The van der Waals surface area contributed by atoms with Gasteiger partial charge >= 0.3 is 5.76 Å². The number of oxazole rings is 1. The van der Waals surface area contributed by atoms with Crippen LogP contribution in [0.15, 0.2) is 45.6 Å². The fourth-order valence-corrected chi connectivity index (χ4v) is 2.06. The number of halogens is 2. The lowest BCUT2D eigenvalue weighted by Gasteiger charge is -2.06. The maximum absolute atomic E-state index is 13.5. The number of hydrogen-bond donors (Lipinski definition) is 1. The monoisotopic (exact) mass is 304 g/mol. The first-order chi connectivity index (χ1) is 10.5. The first-order valence-corrected chi connectivity index (χ1v) is 6.31. The Kier molecular flexibility index (Phi) is 3.25. The van der Waals surface area contributed by atoms with Gasteiger partial charge in [0.05, 0.1) is 11.2 Å². The van der Waals surface area contributed by atoms with Crippen molar-refractivity contribution in [2.75, 3.05) is 5.32 Å². The van der Waals surface area contributed by atoms with E-state index in [2.05, 4.69) is 5.32 Å². The highest BCUT2D eigenvalue weighted by atomic mass is 19.1. The van der Waals surface area contributed by atoms with Crippen molar-refractivity contribution >= 4 is 22.7 Å². The number of aromatic nitrogens is 1. The van der Waals surface area contributed by atoms with Gasteiger partial charge in [-0.15, -0.1) is 0 Å². The highest BCUT2D eigenvalue weighted by Gasteiger charge is 2.13. The van der Waals surface area contributed by atoms with Crippen molar-refractivity contribution in [1.29, 1.82) is 0 Å². The molecule has 0 saturated carbocycles. The van der Waals surface area contributed by atoms with Crippen LogP contribution in [0, 0.1) is 11.6 Å². The van der Waals surface area contributed by atoms with Crippen LogP contribution in [-0.2, 0) is 7.05 Å². The molecule has 1 N–H and O–H groups in total. The van der Waals surface area contributed by atoms with Crippen LogP contribution in [0.25, 0.3) is 11.1 Å². The van der Waals surface area contributed by atoms with E-state index in [1.807, 2.05) is 0 Å². The number of aryl methyl sites for hydroxylation is 1. The third kappa shape index (κ3) is 2.37. The summed E-state index contributed by atoms with van der Waals surface area (Å²) in [5.41, 5.74) is 0.834. The third-order valence-corrected chi connectivity index (χ3v) is 3.23. The van der Waals surface area contributed by atoms with Gasteiger partial charge in [-0.1, -0.05) is 0 Å². The van der Waals surface area contributed by atoms with Crippen molar-refractivity contribution in [2.24, 2.45) is 7.05 Å². The number of carbonyl (C=O) groups is 1. The van der Waals surface area contributed by atoms with Crippen molar-refractivity contribution in [3.8, 4) is 0 Å². The largest absolute Gasteiger partial charge is 0.419 e. The Morgan fingerprint density at radius 2 is 1.95 bits per heavy atom. The Hall–Kier alpha value is -2.96. The van der Waals surface area contributed by atoms with Crippen molar-refractivity contribution < 1.29 is 18.0 Å². The second-order valence-corrected chi connectivity index (χ2v) is 4.69. The molecule has 0 saturated heterocycles. The lowest BCUT2D eigenvalue weighted by molar-refractivity contribution is 0.102. The summed E-state index contributed by atoms with van der Waals surface area (Å²) in [6.07, 6.45) is 0. The average Bonchev–Trinajstić information content (AvgIpc) is 2.76. The van der Waals surface area contributed by atoms with Crippen LogP contribution in [0.1, 0.15) is 10.4 Å². The quantitative estimate of drug-likeness (QED) is 0.791. The van der Waals surface area contributed by atoms with E-state index in [0.717, 1.165) is 12.1 Å². The van der Waals surface area contributed by atoms with Gasteiger partial charge in [0.2, 0.25) is 0 Å². The number of rotatable bonds is 2. The maximum atomic E-state index is 13.5. The minimum absolute atomic E-state index is 0.138. The molecule has 112 valence electrons. The zero-order valence-corrected chi connectivity index (χ0v) is 11.4. The lowest BCUT2D eigenvalue weighted by Crippen LogP contribution is -2.13. The highest BCUT2D eigenvalue weighted by Crippen LogP contribution is 2.18. The molecule has 1 heterocycles. The molecule has 1 amide bonds. The van der Waals surface area contributed by atoms with Crippen molar-refractivity contribution in [3.05, 3.63) is 64.1 Å². The fraction of sp³-hybridized carbons (Fsp3) is 0.0667. The zero-order chi connectivity index (χ0) is 15.9. The maximum Gasteiger partial charge on any atom is 0.419 e. The van der Waals surface area contributed by atoms with Gasteiger partial charge < -0.3 is 9.73 Å². The Morgan fingerprint density at radius 1 is 1.18 bits per heavy atom. The lowest BCUT2D eigenvalue weighted by atomic mass is 10.2. The molecule has 0 bridgehead atoms. The van der Waals surface area contributed by atoms with E-state index in [1.54, 1.807) is 13.1 Å². The zero-order valence-electron chi connectivity index (χ0n) is 11.4. The SMILES string of the molecule is Cn1c(=O)oc2cc(C(=O)Nc3ccc(F)cc3F)ccc21. The molecular weight excluding hydrogens is 294 g/mol. The number of hydrogen-bond acceptors (Lipinski definition) is 3. The van der Waals surface area contributed by atoms with Gasteiger partial charge in [0.25, 0.3) is 5.91 Å². The number of anilines is 1. The predicted molar refractivity (Wildman–Crippen MR) is 75.8 cm³/mol. The Morgan fingerprint density at radius 3 is 2.68 bits per heavy atom. The number of amides is 1. The first-order valence-electron chi connectivity index (χ1n) is 6.31. The number of fused-ring (bicyclic) bond motifs is 1. The number of carbonyl (C=O) groups excluding carboxylic acids is 1. The van der Waals surface area contributed by atoms with Gasteiger partial charge in [0.1, 0.15) is 11.6 Å². The van der Waals surface area contributed by atoms with E-state index in [4.69, 9.17) is 4.42 Å². The molecule has 0 aliphatic carbocycles. The van der Waals surface area contributed by atoms with E-state index in [9.17, 15) is 18.4 Å². The van der Waals surface area contributed by atoms with Crippen LogP contribution in [-0.4, -0.2) is 10.5 Å². The summed E-state index contributed by atoms with van der Waals surface area (Å²) in [4.78, 5) is 23.5. The first kappa shape index (κ1) is 14.0. The minimum Gasteiger partial charge on any atom is -0.408 e. The van der Waals surface area contributed by atoms with Gasteiger partial charge in [-0.2, -0.15) is 0 Å². The van der Waals surface area contributed by atoms with E-state index in [1.165, 1.54) is 16.7 Å². The van der Waals surface area contributed by atoms with Gasteiger partial charge in [0.15, 0.2) is 5.58 Å². The Bertz CT molecular complexity index is 944. The van der Waals surface area contributed by atoms with E-state index >= 15 is 0 Å². The molecule has 3 aromatic rings. The van der Waals surface area contributed by atoms with Crippen LogP contribution in [0.5, 0.6) is 0 Å². The van der Waals surface area contributed by atoms with Crippen LogP contribution in [0.3, 0.4) is 0 Å². The van der Waals surface area contributed by atoms with Crippen LogP contribution >= 0.6 is 0 Å². The molecule has 0 atom stereocenters. The Balaban J connectivity index is 1.93. The van der Waals surface area contributed by atoms with Crippen LogP contribution in [0.4, 0.5) is 14.5 Å². The standard InChI is InChI=1S/C15H10F2N2O3/c1-19-12-5-2-8(6-13(12)22-15(19)21)14(20)18-11-4-3-9(16)7-10(11)17/h2-7H,1H3,(H,18,20). The predicted octanol–water partition coefficient (Wildman–Crippen LogP) is 2.66. The van der Waals surface area contributed by atoms with Gasteiger partial charge in [0, 0.05) is 18.7 Å². The van der Waals surface area contributed by atoms with E-state index in [0.29, 0.717) is 11.6 Å². The minimum atomic E-state index is -0.874. The topological polar surface area (TPSA) is 64.2 Å². The normalized spacial score (nSPS) is 10.9. The molecule has 3 rings (SSSR count). The van der Waals surface area contributed by atoms with E-state index in [-0.39, 0.29) is 16.8 Å². The Labute approximate surface area is 122 Å². The summed E-state index contributed by atoms with van der Waals surface area (Å²) in [7, 11) is 1.54. The summed E-state index contributed by atoms with van der Waals surface area (Å²) in [6.45, 7) is 0. The molecule has 0 aliphatic rings. The molecule has 1 aromatic heterocycles. The highest BCUT2D eigenvalue weighted by molar-refractivity contribution is 6.05. The van der Waals surface area contributed by atoms with Crippen molar-refractivity contribution in [3.63, 3.8) is 0 Å². The molecular formula is C15H10F2N2O3. The number of benzene rings is 2. The smallest absolute Gasteiger partial charge is 0.408 e. The molecule has 7 heteroatoms. The van der Waals surface area contributed by atoms with Gasteiger partial charge in [-0.05, 0) is 30.3 Å². The summed E-state index contributed by atoms with van der Waals surface area (Å²) in [6, 6.07) is 7.26. The number of nitrogens with zero attached hydrogens (tertiary/aromatic N) is 1. The average molecular weight is 304 g/mol.